The van der Waals surface area contributed by atoms with Gasteiger partial charge in [-0.3, -0.25) is 10.1 Å². The number of carboxylic acid groups (broad SMARTS) is 2. The number of aromatic amines is 1. The Labute approximate surface area is 338 Å². The van der Waals surface area contributed by atoms with Crippen LogP contribution in [0.2, 0.25) is 5.15 Å². The number of piperidine rings is 2. The van der Waals surface area contributed by atoms with Crippen molar-refractivity contribution in [3.63, 3.8) is 0 Å². The highest BCUT2D eigenvalue weighted by molar-refractivity contribution is 7.88. The third kappa shape index (κ3) is 10.0. The van der Waals surface area contributed by atoms with Crippen molar-refractivity contribution < 1.29 is 42.5 Å². The number of methoxy groups -OCH3 is 1. The van der Waals surface area contributed by atoms with E-state index in [1.165, 1.54) is 17.7 Å². The molecule has 3 aliphatic heterocycles. The maximum atomic E-state index is 14.9. The van der Waals surface area contributed by atoms with Crippen LogP contribution in [0.4, 0.5) is 20.1 Å². The Kier molecular flexibility index (Phi) is 12.9. The van der Waals surface area contributed by atoms with Crippen molar-refractivity contribution in [1.82, 2.24) is 29.0 Å². The molecular weight excluding hydrogens is 780 g/mol. The third-order valence-corrected chi connectivity index (χ3v) is 12.9. The minimum Gasteiger partial charge on any atom is -0.465 e. The average Bonchev–Trinajstić information content (AvgIpc) is 3.73. The lowest BCUT2D eigenvalue weighted by Crippen LogP contribution is -2.62. The van der Waals surface area contributed by atoms with Crippen LogP contribution in [0, 0.1) is 23.2 Å². The maximum absolute atomic E-state index is 14.9. The Morgan fingerprint density at radius 2 is 1.60 bits per heavy atom. The van der Waals surface area contributed by atoms with E-state index in [4.69, 9.17) is 16.6 Å². The van der Waals surface area contributed by atoms with Crippen molar-refractivity contribution in [2.45, 2.75) is 91.3 Å². The molecule has 314 valence electrons. The van der Waals surface area contributed by atoms with Crippen molar-refractivity contribution in [3.8, 4) is 11.3 Å². The van der Waals surface area contributed by atoms with E-state index in [2.05, 4.69) is 20.0 Å². The number of hydrogen-bond acceptors (Lipinski definition) is 8. The van der Waals surface area contributed by atoms with E-state index in [0.717, 1.165) is 4.90 Å². The smallest absolute Gasteiger partial charge is 0.434 e. The zero-order chi connectivity index (χ0) is 42.2. The third-order valence-electron chi connectivity index (χ3n) is 11.3. The molecule has 0 spiro atoms. The second kappa shape index (κ2) is 16.8. The summed E-state index contributed by atoms with van der Waals surface area (Å²) in [6.07, 6.45) is 0.281. The topological polar surface area (TPSA) is 218 Å². The Morgan fingerprint density at radius 1 is 0.965 bits per heavy atom. The molecule has 19 heteroatoms. The molecule has 4 heterocycles. The summed E-state index contributed by atoms with van der Waals surface area (Å²) < 4.78 is 30.7. The first-order valence-electron chi connectivity index (χ1n) is 19.1. The lowest BCUT2D eigenvalue weighted by atomic mass is 9.76. The first kappa shape index (κ1) is 43.7. The number of halogens is 1. The highest BCUT2D eigenvalue weighted by Crippen LogP contribution is 2.45. The summed E-state index contributed by atoms with van der Waals surface area (Å²) in [4.78, 5) is 67.7. The SMILES string of the molecule is COC(=O)Nc1ccc(-c2[nH]c([C@@H]3C[C@H](C4CCN(S(C)(=O)=O)CC4)CN3C(=O)C3CCN(C(=NC(=O)O)N(C(=O)O)C(C)(C)C)C(C(C)(C)C)C3)nc2Cl)cc1. The molecule has 2 unspecified atom stereocenters. The molecule has 3 fully saturated rings. The first-order chi connectivity index (χ1) is 26.5. The van der Waals surface area contributed by atoms with Crippen LogP contribution in [-0.4, -0.2) is 129 Å². The van der Waals surface area contributed by atoms with Crippen LogP contribution in [0.15, 0.2) is 29.3 Å². The fraction of sp³-hybridized carbons (Fsp3) is 0.632. The zero-order valence-corrected chi connectivity index (χ0v) is 35.4. The first-order valence-corrected chi connectivity index (χ1v) is 21.3. The van der Waals surface area contributed by atoms with Crippen LogP contribution in [0.3, 0.4) is 0 Å². The molecule has 3 saturated heterocycles. The number of H-pyrrole nitrogens is 1. The summed E-state index contributed by atoms with van der Waals surface area (Å²) in [7, 11) is -2.05. The highest BCUT2D eigenvalue weighted by Gasteiger charge is 2.48. The lowest BCUT2D eigenvalue weighted by Gasteiger charge is -2.50. The van der Waals surface area contributed by atoms with E-state index in [9.17, 15) is 37.8 Å². The Hall–Kier alpha value is -4.42. The summed E-state index contributed by atoms with van der Waals surface area (Å²) >= 11 is 6.75. The van der Waals surface area contributed by atoms with E-state index in [1.807, 2.05) is 25.7 Å². The average molecular weight is 835 g/mol. The van der Waals surface area contributed by atoms with Crippen molar-refractivity contribution in [2.75, 3.05) is 44.9 Å². The zero-order valence-electron chi connectivity index (χ0n) is 33.8. The molecule has 4 N–H and O–H groups in total. The fourth-order valence-electron chi connectivity index (χ4n) is 8.48. The number of aromatic nitrogens is 2. The summed E-state index contributed by atoms with van der Waals surface area (Å²) in [5.41, 5.74) is 0.233. The number of likely N-dealkylation sites (tertiary alicyclic amines) is 2. The molecule has 5 rings (SSSR count). The van der Waals surface area contributed by atoms with Gasteiger partial charge >= 0.3 is 18.3 Å². The Bertz CT molecular complexity index is 1970. The lowest BCUT2D eigenvalue weighted by molar-refractivity contribution is -0.139. The van der Waals surface area contributed by atoms with Crippen LogP contribution in [0.25, 0.3) is 11.3 Å². The second-order valence-electron chi connectivity index (χ2n) is 17.3. The van der Waals surface area contributed by atoms with Crippen LogP contribution in [0.1, 0.15) is 85.5 Å². The van der Waals surface area contributed by atoms with Crippen LogP contribution in [0.5, 0.6) is 0 Å². The molecule has 3 aliphatic rings. The molecule has 0 bridgehead atoms. The standard InChI is InChI=1S/C38H55ClN8O9S/c1-37(2,3)28-20-24(15-18-45(28)33(43-34(49)50)47(36(52)53)38(4,5)6)32(48)46-21-25(22-13-16-44(17-14-22)57(8,54)55)19-27(46)31-41-29(30(39)42-31)23-9-11-26(12-10-23)40-35(51)56-7/h9-12,22,24-25,27-28H,13-21H2,1-8H3,(H,40,51)(H,41,42)(H,49,50)(H,52,53)/t24?,25-,27-,28?/m0/s1. The van der Waals surface area contributed by atoms with Gasteiger partial charge in [-0.1, -0.05) is 44.5 Å². The number of amides is 4. The number of nitrogens with zero attached hydrogens (tertiary/aromatic N) is 6. The minimum atomic E-state index is -3.33. The van der Waals surface area contributed by atoms with E-state index >= 15 is 0 Å². The summed E-state index contributed by atoms with van der Waals surface area (Å²) in [5.74, 6) is -0.0434. The molecule has 4 atom stereocenters. The fourth-order valence-corrected chi connectivity index (χ4v) is 9.61. The van der Waals surface area contributed by atoms with E-state index in [1.54, 1.807) is 49.9 Å². The number of aliphatic imine (C=N–C) groups is 1. The maximum Gasteiger partial charge on any atom is 0.434 e. The van der Waals surface area contributed by atoms with Gasteiger partial charge in [-0.05, 0) is 82.3 Å². The van der Waals surface area contributed by atoms with Gasteiger partial charge in [0.05, 0.1) is 25.1 Å². The molecule has 2 aromatic rings. The number of nitrogens with one attached hydrogen (secondary N) is 2. The van der Waals surface area contributed by atoms with Gasteiger partial charge in [0.2, 0.25) is 21.9 Å². The number of hydrogen-bond donors (Lipinski definition) is 4. The summed E-state index contributed by atoms with van der Waals surface area (Å²) in [6.45, 7) is 12.3. The predicted octanol–water partition coefficient (Wildman–Crippen LogP) is 6.41. The molecule has 0 saturated carbocycles. The van der Waals surface area contributed by atoms with Crippen molar-refractivity contribution in [2.24, 2.45) is 28.2 Å². The van der Waals surface area contributed by atoms with Crippen molar-refractivity contribution in [3.05, 3.63) is 35.2 Å². The van der Waals surface area contributed by atoms with Gasteiger partial charge in [0, 0.05) is 54.9 Å². The molecule has 57 heavy (non-hydrogen) atoms. The normalized spacial score (nSPS) is 23.0. The van der Waals surface area contributed by atoms with E-state index in [0.29, 0.717) is 74.5 Å². The van der Waals surface area contributed by atoms with Gasteiger partial charge in [-0.15, -0.1) is 4.99 Å². The number of ether oxygens (including phenoxy) is 1. The Morgan fingerprint density at radius 3 is 2.12 bits per heavy atom. The van der Waals surface area contributed by atoms with Crippen LogP contribution in [-0.2, 0) is 19.6 Å². The molecule has 0 aliphatic carbocycles. The largest absolute Gasteiger partial charge is 0.465 e. The van der Waals surface area contributed by atoms with Gasteiger partial charge in [0.25, 0.3) is 0 Å². The van der Waals surface area contributed by atoms with Gasteiger partial charge in [-0.2, -0.15) is 0 Å². The molecule has 1 aromatic heterocycles. The summed E-state index contributed by atoms with van der Waals surface area (Å²) in [6, 6.07) is 6.03. The Balaban J connectivity index is 1.46. The van der Waals surface area contributed by atoms with Crippen molar-refractivity contribution >= 4 is 57.5 Å². The highest BCUT2D eigenvalue weighted by atomic mass is 35.5. The number of benzene rings is 1. The van der Waals surface area contributed by atoms with Gasteiger partial charge in [0.15, 0.2) is 5.15 Å². The molecule has 0 radical (unpaired) electrons. The number of carbonyl (C=O) groups is 4. The van der Waals surface area contributed by atoms with E-state index in [-0.39, 0.29) is 35.4 Å². The molecular formula is C38H55ClN8O9S. The monoisotopic (exact) mass is 834 g/mol. The van der Waals surface area contributed by atoms with Gasteiger partial charge in [0.1, 0.15) is 5.82 Å². The number of sulfonamides is 1. The number of guanidine groups is 1. The van der Waals surface area contributed by atoms with E-state index < -0.39 is 57.3 Å². The number of carbonyl (C=O) groups excluding carboxylic acids is 2. The number of rotatable bonds is 6. The predicted molar refractivity (Wildman–Crippen MR) is 215 cm³/mol. The van der Waals surface area contributed by atoms with Crippen LogP contribution < -0.4 is 5.32 Å². The summed E-state index contributed by atoms with van der Waals surface area (Å²) in [5, 5.41) is 22.9. The van der Waals surface area contributed by atoms with Crippen molar-refractivity contribution in [1.29, 1.82) is 0 Å². The quantitative estimate of drug-likeness (QED) is 0.184. The number of anilines is 1. The minimum absolute atomic E-state index is 0.0559. The number of imidazole rings is 1. The van der Waals surface area contributed by atoms with Crippen LogP contribution >= 0.6 is 11.6 Å². The van der Waals surface area contributed by atoms with Gasteiger partial charge < -0.3 is 29.7 Å². The molecule has 1 aromatic carbocycles. The molecule has 17 nitrogen and oxygen atoms in total. The second-order valence-corrected chi connectivity index (χ2v) is 19.6. The van der Waals surface area contributed by atoms with Gasteiger partial charge in [-0.25, -0.2) is 37.0 Å². The molecule has 4 amide bonds.